The maximum Gasteiger partial charge on any atom is 0.161 e. The van der Waals surface area contributed by atoms with E-state index in [1.165, 1.54) is 34.4 Å². The molecule has 2 aliphatic rings. The predicted molar refractivity (Wildman–Crippen MR) is 106 cm³/mol. The molecule has 1 atom stereocenters. The Morgan fingerprint density at radius 2 is 1.85 bits per heavy atom. The topological polar surface area (TPSA) is 12.5 Å². The monoisotopic (exact) mass is 341 g/mol. The number of hydrogen-bond acceptors (Lipinski definition) is 2. The molecule has 0 radical (unpaired) electrons. The average molecular weight is 341 g/mol. The summed E-state index contributed by atoms with van der Waals surface area (Å²) in [6.45, 7) is 3.71. The Kier molecular flexibility index (Phi) is 3.70. The van der Waals surface area contributed by atoms with Gasteiger partial charge in [0.25, 0.3) is 0 Å². The molecule has 0 saturated heterocycles. The van der Waals surface area contributed by atoms with E-state index in [0.717, 1.165) is 18.7 Å². The van der Waals surface area contributed by atoms with Crippen LogP contribution in [0.15, 0.2) is 66.7 Å². The van der Waals surface area contributed by atoms with Gasteiger partial charge >= 0.3 is 0 Å². The summed E-state index contributed by atoms with van der Waals surface area (Å²) in [7, 11) is 0. The second kappa shape index (κ2) is 6.21. The van der Waals surface area contributed by atoms with Gasteiger partial charge in [0.15, 0.2) is 6.73 Å². The standard InChI is InChI=1S/C24H23NO/c1-17-7-9-19-14-20(23(19)11-17)12-18-8-10-24-21(13-18)15-25(16-26-24)22-5-3-2-4-6-22/h2-11,13,20H,12,14-16H2,1H3. The molecule has 0 bridgehead atoms. The van der Waals surface area contributed by atoms with Crippen molar-refractivity contribution >= 4 is 5.69 Å². The Hall–Kier alpha value is -2.74. The SMILES string of the molecule is Cc1ccc2c(c1)C(Cc1ccc3c(c1)CN(c1ccccc1)CO3)C2. The highest BCUT2D eigenvalue weighted by Gasteiger charge is 2.26. The van der Waals surface area contributed by atoms with Gasteiger partial charge in [0.05, 0.1) is 0 Å². The van der Waals surface area contributed by atoms with E-state index in [4.69, 9.17) is 4.74 Å². The Morgan fingerprint density at radius 1 is 0.962 bits per heavy atom. The molecule has 1 aliphatic carbocycles. The Morgan fingerprint density at radius 3 is 2.73 bits per heavy atom. The third-order valence-corrected chi connectivity index (χ3v) is 5.67. The molecule has 26 heavy (non-hydrogen) atoms. The first-order chi connectivity index (χ1) is 12.8. The molecule has 0 fully saturated rings. The van der Waals surface area contributed by atoms with Gasteiger partial charge in [0.2, 0.25) is 0 Å². The second-order valence-corrected chi connectivity index (χ2v) is 7.56. The number of hydrogen-bond donors (Lipinski definition) is 0. The molecule has 0 N–H and O–H groups in total. The summed E-state index contributed by atoms with van der Waals surface area (Å²) in [5.74, 6) is 1.70. The van der Waals surface area contributed by atoms with Crippen molar-refractivity contribution < 1.29 is 4.74 Å². The van der Waals surface area contributed by atoms with Crippen molar-refractivity contribution in [2.45, 2.75) is 32.2 Å². The lowest BCUT2D eigenvalue weighted by molar-refractivity contribution is 0.289. The van der Waals surface area contributed by atoms with Crippen LogP contribution in [-0.2, 0) is 19.4 Å². The van der Waals surface area contributed by atoms with Crippen LogP contribution in [0.1, 0.15) is 33.7 Å². The molecule has 0 amide bonds. The zero-order valence-electron chi connectivity index (χ0n) is 15.1. The third-order valence-electron chi connectivity index (χ3n) is 5.67. The largest absolute Gasteiger partial charge is 0.473 e. The number of fused-ring (bicyclic) bond motifs is 2. The van der Waals surface area contributed by atoms with Crippen LogP contribution in [0.4, 0.5) is 5.69 Å². The Labute approximate surface area is 155 Å². The number of ether oxygens (including phenoxy) is 1. The van der Waals surface area contributed by atoms with Gasteiger partial charge in [-0.3, -0.25) is 0 Å². The van der Waals surface area contributed by atoms with Gasteiger partial charge in [-0.1, -0.05) is 54.1 Å². The van der Waals surface area contributed by atoms with Gasteiger partial charge in [-0.05, 0) is 60.6 Å². The third kappa shape index (κ3) is 2.76. The molecule has 1 unspecified atom stereocenters. The van der Waals surface area contributed by atoms with E-state index in [1.807, 2.05) is 0 Å². The summed E-state index contributed by atoms with van der Waals surface area (Å²) < 4.78 is 5.99. The predicted octanol–water partition coefficient (Wildman–Crippen LogP) is 5.23. The normalized spacial score (nSPS) is 17.7. The smallest absolute Gasteiger partial charge is 0.161 e. The van der Waals surface area contributed by atoms with Crippen LogP contribution < -0.4 is 9.64 Å². The van der Waals surface area contributed by atoms with Crippen LogP contribution >= 0.6 is 0 Å². The molecule has 2 nitrogen and oxygen atoms in total. The van der Waals surface area contributed by atoms with E-state index in [-0.39, 0.29) is 0 Å². The molecular weight excluding hydrogens is 318 g/mol. The maximum absolute atomic E-state index is 5.99. The van der Waals surface area contributed by atoms with E-state index in [1.54, 1.807) is 5.56 Å². The molecular formula is C24H23NO. The van der Waals surface area contributed by atoms with Crippen molar-refractivity contribution in [1.82, 2.24) is 0 Å². The molecule has 3 aromatic carbocycles. The highest BCUT2D eigenvalue weighted by atomic mass is 16.5. The molecule has 0 spiro atoms. The van der Waals surface area contributed by atoms with Crippen LogP contribution in [0.2, 0.25) is 0 Å². The summed E-state index contributed by atoms with van der Waals surface area (Å²) in [5, 5.41) is 0. The van der Waals surface area contributed by atoms with Crippen LogP contribution in [0.25, 0.3) is 0 Å². The average Bonchev–Trinajstić information content (AvgIpc) is 2.68. The van der Waals surface area contributed by atoms with Gasteiger partial charge in [-0.25, -0.2) is 0 Å². The highest BCUT2D eigenvalue weighted by Crippen LogP contribution is 2.39. The van der Waals surface area contributed by atoms with Crippen molar-refractivity contribution in [2.24, 2.45) is 0 Å². The van der Waals surface area contributed by atoms with E-state index in [2.05, 4.69) is 78.6 Å². The summed E-state index contributed by atoms with van der Waals surface area (Å²) in [6, 6.07) is 24.1. The Balaban J connectivity index is 1.35. The van der Waals surface area contributed by atoms with E-state index >= 15 is 0 Å². The van der Waals surface area contributed by atoms with Gasteiger partial charge in [-0.2, -0.15) is 0 Å². The number of aryl methyl sites for hydroxylation is 1. The molecule has 3 aromatic rings. The van der Waals surface area contributed by atoms with Crippen molar-refractivity contribution in [1.29, 1.82) is 0 Å². The maximum atomic E-state index is 5.99. The van der Waals surface area contributed by atoms with Crippen molar-refractivity contribution in [3.05, 3.63) is 94.5 Å². The molecule has 2 heteroatoms. The molecule has 130 valence electrons. The first-order valence-corrected chi connectivity index (χ1v) is 9.40. The van der Waals surface area contributed by atoms with E-state index < -0.39 is 0 Å². The summed E-state index contributed by atoms with van der Waals surface area (Å²) in [4.78, 5) is 2.29. The summed E-state index contributed by atoms with van der Waals surface area (Å²) >= 11 is 0. The summed E-state index contributed by atoms with van der Waals surface area (Å²) in [6.07, 6.45) is 2.33. The van der Waals surface area contributed by atoms with E-state index in [0.29, 0.717) is 12.6 Å². The van der Waals surface area contributed by atoms with Crippen LogP contribution in [0, 0.1) is 6.92 Å². The zero-order valence-corrected chi connectivity index (χ0v) is 15.1. The minimum Gasteiger partial charge on any atom is -0.473 e. The van der Waals surface area contributed by atoms with Gasteiger partial charge in [0, 0.05) is 17.8 Å². The lowest BCUT2D eigenvalue weighted by Gasteiger charge is -2.33. The molecule has 1 aliphatic heterocycles. The molecule has 0 saturated carbocycles. The van der Waals surface area contributed by atoms with Gasteiger partial charge in [-0.15, -0.1) is 0 Å². The second-order valence-electron chi connectivity index (χ2n) is 7.56. The fraction of sp³-hybridized carbons (Fsp3) is 0.250. The fourth-order valence-corrected chi connectivity index (χ4v) is 4.22. The lowest BCUT2D eigenvalue weighted by atomic mass is 9.74. The molecule has 5 rings (SSSR count). The van der Waals surface area contributed by atoms with E-state index in [9.17, 15) is 0 Å². The fourth-order valence-electron chi connectivity index (χ4n) is 4.22. The first kappa shape index (κ1) is 15.5. The highest BCUT2D eigenvalue weighted by molar-refractivity contribution is 5.51. The summed E-state index contributed by atoms with van der Waals surface area (Å²) in [5.41, 5.74) is 8.36. The minimum absolute atomic E-state index is 0.617. The Bertz CT molecular complexity index is 948. The number of nitrogens with zero attached hydrogens (tertiary/aromatic N) is 1. The number of anilines is 1. The van der Waals surface area contributed by atoms with Crippen molar-refractivity contribution in [2.75, 3.05) is 11.6 Å². The van der Waals surface area contributed by atoms with Crippen LogP contribution in [0.5, 0.6) is 5.75 Å². The number of benzene rings is 3. The van der Waals surface area contributed by atoms with Crippen molar-refractivity contribution in [3.8, 4) is 5.75 Å². The number of rotatable bonds is 3. The van der Waals surface area contributed by atoms with Crippen LogP contribution in [0.3, 0.4) is 0 Å². The van der Waals surface area contributed by atoms with Gasteiger partial charge in [0.1, 0.15) is 5.75 Å². The van der Waals surface area contributed by atoms with Crippen LogP contribution in [-0.4, -0.2) is 6.73 Å². The minimum atomic E-state index is 0.617. The first-order valence-electron chi connectivity index (χ1n) is 9.40. The van der Waals surface area contributed by atoms with Crippen molar-refractivity contribution in [3.63, 3.8) is 0 Å². The quantitative estimate of drug-likeness (QED) is 0.646. The number of para-hydroxylation sites is 1. The lowest BCUT2D eigenvalue weighted by Crippen LogP contribution is -2.31. The zero-order chi connectivity index (χ0) is 17.5. The molecule has 0 aromatic heterocycles. The molecule has 1 heterocycles. The van der Waals surface area contributed by atoms with Gasteiger partial charge < -0.3 is 9.64 Å².